The molecule has 2 aromatic rings. The second-order valence-electron chi connectivity index (χ2n) is 5.46. The number of sulfonamides is 1. The van der Waals surface area contributed by atoms with Gasteiger partial charge in [-0.2, -0.15) is 0 Å². The first-order valence-electron chi connectivity index (χ1n) is 7.29. The minimum absolute atomic E-state index is 0.00967. The molecule has 0 bridgehead atoms. The van der Waals surface area contributed by atoms with Gasteiger partial charge in [0.1, 0.15) is 10.6 Å². The number of carbonyl (C=O) groups is 1. The third-order valence-electron chi connectivity index (χ3n) is 3.30. The van der Waals surface area contributed by atoms with Crippen LogP contribution in [0.15, 0.2) is 47.4 Å². The monoisotopic (exact) mass is 422 g/mol. The number of alkyl halides is 3. The highest BCUT2D eigenvalue weighted by molar-refractivity contribution is 7.89. The third-order valence-corrected chi connectivity index (χ3v) is 5.59. The summed E-state index contributed by atoms with van der Waals surface area (Å²) in [6, 6.07) is 8.22. The number of anilines is 1. The van der Waals surface area contributed by atoms with Crippen molar-refractivity contribution >= 4 is 33.2 Å². The molecule has 6 nitrogen and oxygen atoms in total. The van der Waals surface area contributed by atoms with Crippen molar-refractivity contribution in [1.82, 2.24) is 4.31 Å². The molecule has 0 aliphatic heterocycles. The van der Waals surface area contributed by atoms with Crippen LogP contribution in [0.4, 0.5) is 18.9 Å². The molecule has 0 atom stereocenters. The van der Waals surface area contributed by atoms with E-state index >= 15 is 0 Å². The largest absolute Gasteiger partial charge is 0.573 e. The van der Waals surface area contributed by atoms with E-state index in [0.717, 1.165) is 22.5 Å². The number of nitrogens with one attached hydrogen (secondary N) is 1. The van der Waals surface area contributed by atoms with Crippen LogP contribution >= 0.6 is 11.6 Å². The molecule has 2 rings (SSSR count). The molecular formula is C16H14ClF3N2O4S. The topological polar surface area (TPSA) is 75.7 Å². The number of amides is 1. The van der Waals surface area contributed by atoms with Gasteiger partial charge in [-0.05, 0) is 42.5 Å². The molecule has 0 aliphatic carbocycles. The Bertz CT molecular complexity index is 945. The summed E-state index contributed by atoms with van der Waals surface area (Å²) in [5.74, 6) is -1.10. The molecular weight excluding hydrogens is 409 g/mol. The Labute approximate surface area is 158 Å². The fourth-order valence-corrected chi connectivity index (χ4v) is 3.38. The van der Waals surface area contributed by atoms with Crippen LogP contribution in [-0.4, -0.2) is 39.1 Å². The van der Waals surface area contributed by atoms with Crippen molar-refractivity contribution in [3.05, 3.63) is 53.1 Å². The van der Waals surface area contributed by atoms with E-state index < -0.39 is 28.0 Å². The summed E-state index contributed by atoms with van der Waals surface area (Å²) in [4.78, 5) is 12.1. The van der Waals surface area contributed by atoms with E-state index in [1.807, 2.05) is 0 Å². The summed E-state index contributed by atoms with van der Waals surface area (Å²) in [6.45, 7) is 0. The summed E-state index contributed by atoms with van der Waals surface area (Å²) < 4.78 is 65.6. The number of carbonyl (C=O) groups excluding carboxylic acids is 1. The number of nitrogens with zero attached hydrogens (tertiary/aromatic N) is 1. The van der Waals surface area contributed by atoms with Gasteiger partial charge in [0, 0.05) is 25.3 Å². The lowest BCUT2D eigenvalue weighted by atomic mass is 10.2. The van der Waals surface area contributed by atoms with Crippen LogP contribution in [-0.2, 0) is 10.0 Å². The molecule has 1 N–H and O–H groups in total. The summed E-state index contributed by atoms with van der Waals surface area (Å²) in [6.07, 6.45) is -4.82. The number of ether oxygens (including phenoxy) is 1. The molecule has 0 aromatic heterocycles. The van der Waals surface area contributed by atoms with Crippen LogP contribution < -0.4 is 10.1 Å². The van der Waals surface area contributed by atoms with Gasteiger partial charge in [0.25, 0.3) is 5.91 Å². The van der Waals surface area contributed by atoms with Gasteiger partial charge in [0.15, 0.2) is 0 Å². The zero-order valence-electron chi connectivity index (χ0n) is 14.0. The molecule has 0 fully saturated rings. The number of hydrogen-bond acceptors (Lipinski definition) is 4. The Balaban J connectivity index is 2.22. The van der Waals surface area contributed by atoms with Gasteiger partial charge >= 0.3 is 6.36 Å². The van der Waals surface area contributed by atoms with E-state index in [1.54, 1.807) is 0 Å². The Kier molecular flexibility index (Phi) is 6.03. The zero-order valence-corrected chi connectivity index (χ0v) is 15.6. The van der Waals surface area contributed by atoms with Crippen LogP contribution in [0.5, 0.6) is 5.75 Å². The van der Waals surface area contributed by atoms with Crippen molar-refractivity contribution in [1.29, 1.82) is 0 Å². The summed E-state index contributed by atoms with van der Waals surface area (Å²) >= 11 is 5.92. The predicted molar refractivity (Wildman–Crippen MR) is 93.4 cm³/mol. The normalized spacial score (nSPS) is 12.1. The highest BCUT2D eigenvalue weighted by Gasteiger charge is 2.31. The molecule has 2 aromatic carbocycles. The molecule has 11 heteroatoms. The molecule has 146 valence electrons. The van der Waals surface area contributed by atoms with Gasteiger partial charge in [-0.3, -0.25) is 4.79 Å². The zero-order chi connectivity index (χ0) is 20.4. The van der Waals surface area contributed by atoms with Crippen molar-refractivity contribution in [2.45, 2.75) is 11.3 Å². The van der Waals surface area contributed by atoms with Crippen LogP contribution in [0, 0.1) is 0 Å². The van der Waals surface area contributed by atoms with Crippen molar-refractivity contribution in [3.8, 4) is 5.75 Å². The van der Waals surface area contributed by atoms with Gasteiger partial charge < -0.3 is 10.1 Å². The molecule has 0 saturated carbocycles. The summed E-state index contributed by atoms with van der Waals surface area (Å²) in [7, 11) is -1.22. The molecule has 0 aliphatic rings. The average molecular weight is 423 g/mol. The lowest BCUT2D eigenvalue weighted by Gasteiger charge is -2.14. The maximum Gasteiger partial charge on any atom is 0.573 e. The van der Waals surface area contributed by atoms with Crippen molar-refractivity contribution in [2.75, 3.05) is 19.4 Å². The second kappa shape index (κ2) is 7.75. The highest BCUT2D eigenvalue weighted by atomic mass is 35.5. The first-order chi connectivity index (χ1) is 12.4. The first kappa shape index (κ1) is 21.0. The Hall–Kier alpha value is -2.30. The number of hydrogen-bond donors (Lipinski definition) is 1. The van der Waals surface area contributed by atoms with Crippen LogP contribution in [0.25, 0.3) is 0 Å². The molecule has 0 heterocycles. The molecule has 1 amide bonds. The average Bonchev–Trinajstić information content (AvgIpc) is 2.55. The van der Waals surface area contributed by atoms with E-state index in [1.165, 1.54) is 38.4 Å². The lowest BCUT2D eigenvalue weighted by molar-refractivity contribution is -0.274. The van der Waals surface area contributed by atoms with Crippen molar-refractivity contribution in [2.24, 2.45) is 0 Å². The van der Waals surface area contributed by atoms with Gasteiger partial charge in [0.05, 0.1) is 5.02 Å². The lowest BCUT2D eigenvalue weighted by Crippen LogP contribution is -2.23. The van der Waals surface area contributed by atoms with E-state index in [4.69, 9.17) is 11.6 Å². The van der Waals surface area contributed by atoms with Gasteiger partial charge in [-0.25, -0.2) is 12.7 Å². The Morgan fingerprint density at radius 1 is 1.11 bits per heavy atom. The Morgan fingerprint density at radius 2 is 1.70 bits per heavy atom. The first-order valence-corrected chi connectivity index (χ1v) is 9.11. The fourth-order valence-electron chi connectivity index (χ4n) is 1.98. The van der Waals surface area contributed by atoms with E-state index in [0.29, 0.717) is 0 Å². The Morgan fingerprint density at radius 3 is 2.22 bits per heavy atom. The maximum atomic E-state index is 12.3. The standard InChI is InChI=1S/C16H14ClF3N2O4S/c1-22(2)27(24,25)14-9-10(3-8-13(14)17)15(23)21-11-4-6-12(7-5-11)26-16(18,19)20/h3-9H,1-2H3,(H,21,23). The smallest absolute Gasteiger partial charge is 0.406 e. The van der Waals surface area contributed by atoms with Gasteiger partial charge in [0.2, 0.25) is 10.0 Å². The molecule has 27 heavy (non-hydrogen) atoms. The fraction of sp³-hybridized carbons (Fsp3) is 0.188. The third kappa shape index (κ3) is 5.34. The minimum atomic E-state index is -4.82. The van der Waals surface area contributed by atoms with Crippen molar-refractivity contribution in [3.63, 3.8) is 0 Å². The second-order valence-corrected chi connectivity index (χ2v) is 7.99. The molecule has 0 radical (unpaired) electrons. The maximum absolute atomic E-state index is 12.3. The SMILES string of the molecule is CN(C)S(=O)(=O)c1cc(C(=O)Nc2ccc(OC(F)(F)F)cc2)ccc1Cl. The minimum Gasteiger partial charge on any atom is -0.406 e. The van der Waals surface area contributed by atoms with E-state index in [2.05, 4.69) is 10.1 Å². The van der Waals surface area contributed by atoms with E-state index in [9.17, 15) is 26.4 Å². The highest BCUT2D eigenvalue weighted by Crippen LogP contribution is 2.26. The number of halogens is 4. The van der Waals surface area contributed by atoms with Gasteiger partial charge in [-0.1, -0.05) is 11.6 Å². The summed E-state index contributed by atoms with van der Waals surface area (Å²) in [5.41, 5.74) is 0.205. The quantitative estimate of drug-likeness (QED) is 0.796. The van der Waals surface area contributed by atoms with Crippen LogP contribution in [0.3, 0.4) is 0 Å². The molecule has 0 spiro atoms. The van der Waals surface area contributed by atoms with Crippen LogP contribution in [0.1, 0.15) is 10.4 Å². The van der Waals surface area contributed by atoms with Crippen molar-refractivity contribution < 1.29 is 31.1 Å². The van der Waals surface area contributed by atoms with Gasteiger partial charge in [-0.15, -0.1) is 13.2 Å². The van der Waals surface area contributed by atoms with Crippen LogP contribution in [0.2, 0.25) is 5.02 Å². The van der Waals surface area contributed by atoms with E-state index in [-0.39, 0.29) is 21.2 Å². The predicted octanol–water partition coefficient (Wildman–Crippen LogP) is 3.74. The summed E-state index contributed by atoms with van der Waals surface area (Å²) in [5, 5.41) is 2.40. The molecule has 0 unspecified atom stereocenters. The molecule has 0 saturated heterocycles. The number of benzene rings is 2. The number of rotatable bonds is 5.